The molecule has 3 aromatic rings. The molecule has 0 saturated carbocycles. The van der Waals surface area contributed by atoms with Crippen LogP contribution in [-0.4, -0.2) is 4.57 Å². The normalized spacial score (nSPS) is 10.7. The van der Waals surface area contributed by atoms with E-state index in [1.54, 1.807) is 11.3 Å². The number of rotatable bonds is 3. The van der Waals surface area contributed by atoms with E-state index < -0.39 is 0 Å². The largest absolute Gasteiger partial charge is 0.323 e. The molecule has 0 atom stereocenters. The first-order chi connectivity index (χ1) is 9.81. The number of benzene rings is 2. The van der Waals surface area contributed by atoms with Crippen LogP contribution in [0.4, 0.5) is 0 Å². The van der Waals surface area contributed by atoms with Crippen LogP contribution in [-0.2, 0) is 6.54 Å². The molecule has 0 unspecified atom stereocenters. The molecular formula is C17H15NS2. The summed E-state index contributed by atoms with van der Waals surface area (Å²) in [5.41, 5.74) is 3.68. The van der Waals surface area contributed by atoms with Gasteiger partial charge in [0.05, 0.1) is 10.6 Å². The molecule has 0 bridgehead atoms. The lowest BCUT2D eigenvalue weighted by Gasteiger charge is -2.09. The zero-order valence-electron chi connectivity index (χ0n) is 11.2. The summed E-state index contributed by atoms with van der Waals surface area (Å²) >= 11 is 7.23. The Labute approximate surface area is 128 Å². The van der Waals surface area contributed by atoms with Gasteiger partial charge in [0.15, 0.2) is 3.95 Å². The molecule has 0 aliphatic heterocycles. The fourth-order valence-electron chi connectivity index (χ4n) is 2.36. The van der Waals surface area contributed by atoms with Crippen LogP contribution in [0.3, 0.4) is 0 Å². The van der Waals surface area contributed by atoms with Crippen LogP contribution in [0.2, 0.25) is 0 Å². The van der Waals surface area contributed by atoms with Crippen molar-refractivity contribution < 1.29 is 0 Å². The zero-order valence-corrected chi connectivity index (χ0v) is 12.9. The quantitative estimate of drug-likeness (QED) is 0.567. The molecule has 3 rings (SSSR count). The summed E-state index contributed by atoms with van der Waals surface area (Å²) in [6.07, 6.45) is 0. The van der Waals surface area contributed by atoms with Gasteiger partial charge < -0.3 is 4.57 Å². The molecule has 0 aliphatic carbocycles. The van der Waals surface area contributed by atoms with Gasteiger partial charge in [0.2, 0.25) is 0 Å². The van der Waals surface area contributed by atoms with Crippen LogP contribution in [0.15, 0.2) is 60.7 Å². The Hall–Kier alpha value is -1.71. The highest BCUT2D eigenvalue weighted by Crippen LogP contribution is 2.37. The molecule has 0 amide bonds. The smallest absolute Gasteiger partial charge is 0.162 e. The van der Waals surface area contributed by atoms with Gasteiger partial charge >= 0.3 is 0 Å². The SMILES string of the molecule is CCn1c(-c2ccccc2)c(-c2ccccc2)sc1=S. The van der Waals surface area contributed by atoms with E-state index in [1.807, 2.05) is 12.1 Å². The Bertz CT molecular complexity index is 755. The number of aromatic nitrogens is 1. The van der Waals surface area contributed by atoms with E-state index >= 15 is 0 Å². The van der Waals surface area contributed by atoms with E-state index in [-0.39, 0.29) is 0 Å². The number of nitrogens with zero attached hydrogens (tertiary/aromatic N) is 1. The Morgan fingerprint density at radius 3 is 2.00 bits per heavy atom. The van der Waals surface area contributed by atoms with Crippen molar-refractivity contribution in [3.05, 3.63) is 64.6 Å². The molecule has 3 heteroatoms. The van der Waals surface area contributed by atoms with Gasteiger partial charge in [-0.2, -0.15) is 0 Å². The first-order valence-electron chi connectivity index (χ1n) is 6.65. The van der Waals surface area contributed by atoms with Gasteiger partial charge in [-0.3, -0.25) is 0 Å². The van der Waals surface area contributed by atoms with Crippen LogP contribution in [0, 0.1) is 3.95 Å². The summed E-state index contributed by atoms with van der Waals surface area (Å²) in [5.74, 6) is 0. The van der Waals surface area contributed by atoms with Crippen LogP contribution >= 0.6 is 23.6 Å². The molecule has 1 heterocycles. The third-order valence-electron chi connectivity index (χ3n) is 3.29. The molecule has 2 aromatic carbocycles. The first-order valence-corrected chi connectivity index (χ1v) is 7.88. The fraction of sp³-hybridized carbons (Fsp3) is 0.118. The monoisotopic (exact) mass is 297 g/mol. The minimum atomic E-state index is 0.895. The molecule has 20 heavy (non-hydrogen) atoms. The molecule has 0 spiro atoms. The van der Waals surface area contributed by atoms with Gasteiger partial charge in [0.25, 0.3) is 0 Å². The van der Waals surface area contributed by atoms with Crippen LogP contribution in [0.5, 0.6) is 0 Å². The Morgan fingerprint density at radius 2 is 1.45 bits per heavy atom. The minimum Gasteiger partial charge on any atom is -0.323 e. The fourth-order valence-corrected chi connectivity index (χ4v) is 3.91. The Kier molecular flexibility index (Phi) is 3.81. The highest BCUT2D eigenvalue weighted by atomic mass is 32.1. The van der Waals surface area contributed by atoms with Gasteiger partial charge in [-0.25, -0.2) is 0 Å². The van der Waals surface area contributed by atoms with Crippen LogP contribution < -0.4 is 0 Å². The van der Waals surface area contributed by atoms with Crippen molar-refractivity contribution in [1.82, 2.24) is 4.57 Å². The van der Waals surface area contributed by atoms with Crippen molar-refractivity contribution in [1.29, 1.82) is 0 Å². The number of thiazole rings is 1. The van der Waals surface area contributed by atoms with E-state index in [1.165, 1.54) is 21.7 Å². The second-order valence-electron chi connectivity index (χ2n) is 4.52. The molecule has 0 radical (unpaired) electrons. The maximum Gasteiger partial charge on any atom is 0.162 e. The van der Waals surface area contributed by atoms with Crippen molar-refractivity contribution in [2.45, 2.75) is 13.5 Å². The Balaban J connectivity index is 2.29. The molecule has 0 fully saturated rings. The third kappa shape index (κ3) is 2.35. The van der Waals surface area contributed by atoms with Crippen molar-refractivity contribution in [2.24, 2.45) is 0 Å². The average molecular weight is 297 g/mol. The summed E-state index contributed by atoms with van der Waals surface area (Å²) in [6.45, 7) is 3.04. The lowest BCUT2D eigenvalue weighted by atomic mass is 10.1. The van der Waals surface area contributed by atoms with Gasteiger partial charge in [0, 0.05) is 6.54 Å². The van der Waals surface area contributed by atoms with Crippen LogP contribution in [0.1, 0.15) is 6.92 Å². The maximum absolute atomic E-state index is 5.54. The highest BCUT2D eigenvalue weighted by molar-refractivity contribution is 7.73. The van der Waals surface area contributed by atoms with E-state index in [9.17, 15) is 0 Å². The number of hydrogen-bond acceptors (Lipinski definition) is 2. The average Bonchev–Trinajstić information content (AvgIpc) is 2.85. The third-order valence-corrected chi connectivity index (χ3v) is 4.79. The van der Waals surface area contributed by atoms with Gasteiger partial charge in [0.1, 0.15) is 0 Å². The summed E-state index contributed by atoms with van der Waals surface area (Å²) < 4.78 is 3.16. The van der Waals surface area contributed by atoms with Crippen LogP contribution in [0.25, 0.3) is 21.7 Å². The van der Waals surface area contributed by atoms with Gasteiger partial charge in [-0.1, -0.05) is 60.7 Å². The predicted octanol–water partition coefficient (Wildman–Crippen LogP) is 5.63. The summed E-state index contributed by atoms with van der Waals surface area (Å²) in [5, 5.41) is 0. The van der Waals surface area contributed by atoms with E-state index in [0.29, 0.717) is 0 Å². The summed E-state index contributed by atoms with van der Waals surface area (Å²) in [6, 6.07) is 21.0. The molecule has 1 aromatic heterocycles. The molecule has 0 N–H and O–H groups in total. The molecule has 100 valence electrons. The standard InChI is InChI=1S/C17H15NS2/c1-2-18-15(13-9-5-3-6-10-13)16(20-17(18)19)14-11-7-4-8-12-14/h3-12H,2H2,1H3. The number of hydrogen-bond donors (Lipinski definition) is 0. The van der Waals surface area contributed by atoms with Crippen molar-refractivity contribution >= 4 is 23.6 Å². The molecule has 0 saturated heterocycles. The van der Waals surface area contributed by atoms with Crippen molar-refractivity contribution in [2.75, 3.05) is 0 Å². The second kappa shape index (κ2) is 5.73. The molecule has 1 nitrogen and oxygen atoms in total. The minimum absolute atomic E-state index is 0.895. The predicted molar refractivity (Wildman–Crippen MR) is 89.7 cm³/mol. The highest BCUT2D eigenvalue weighted by Gasteiger charge is 2.14. The topological polar surface area (TPSA) is 4.93 Å². The Morgan fingerprint density at radius 1 is 0.900 bits per heavy atom. The summed E-state index contributed by atoms with van der Waals surface area (Å²) in [7, 11) is 0. The molecular weight excluding hydrogens is 282 g/mol. The second-order valence-corrected chi connectivity index (χ2v) is 6.17. The maximum atomic E-state index is 5.54. The van der Waals surface area contributed by atoms with E-state index in [0.717, 1.165) is 10.5 Å². The zero-order chi connectivity index (χ0) is 13.9. The van der Waals surface area contributed by atoms with Gasteiger partial charge in [-0.05, 0) is 30.3 Å². The molecule has 0 aliphatic rings. The summed E-state index contributed by atoms with van der Waals surface area (Å²) in [4.78, 5) is 1.25. The van der Waals surface area contributed by atoms with Crippen molar-refractivity contribution in [3.63, 3.8) is 0 Å². The van der Waals surface area contributed by atoms with E-state index in [4.69, 9.17) is 12.2 Å². The van der Waals surface area contributed by atoms with E-state index in [2.05, 4.69) is 60.0 Å². The first kappa shape index (κ1) is 13.3. The lowest BCUT2D eigenvalue weighted by molar-refractivity contribution is 0.772. The lowest BCUT2D eigenvalue weighted by Crippen LogP contribution is -1.97. The van der Waals surface area contributed by atoms with Crippen molar-refractivity contribution in [3.8, 4) is 21.7 Å². The van der Waals surface area contributed by atoms with Gasteiger partial charge in [-0.15, -0.1) is 11.3 Å².